The molecule has 9 heteroatoms. The van der Waals surface area contributed by atoms with Crippen LogP contribution in [-0.2, 0) is 7.05 Å². The van der Waals surface area contributed by atoms with Gasteiger partial charge >= 0.3 is 0 Å². The molecule has 0 atom stereocenters. The van der Waals surface area contributed by atoms with Crippen LogP contribution in [0, 0.1) is 5.82 Å². The van der Waals surface area contributed by atoms with Crippen LogP contribution in [0.25, 0.3) is 22.6 Å². The van der Waals surface area contributed by atoms with Crippen molar-refractivity contribution in [1.82, 2.24) is 24.8 Å². The highest BCUT2D eigenvalue weighted by Crippen LogP contribution is 2.32. The van der Waals surface area contributed by atoms with Crippen LogP contribution in [0.5, 0.6) is 5.75 Å². The largest absolute Gasteiger partial charge is 0.496 e. The fourth-order valence-electron chi connectivity index (χ4n) is 3.73. The third kappa shape index (κ3) is 3.51. The summed E-state index contributed by atoms with van der Waals surface area (Å²) in [6.07, 6.45) is 0. The van der Waals surface area contributed by atoms with Crippen molar-refractivity contribution in [3.8, 4) is 28.4 Å². The zero-order valence-corrected chi connectivity index (χ0v) is 17.5. The van der Waals surface area contributed by atoms with Crippen LogP contribution in [0.1, 0.15) is 22.3 Å². The fraction of sp³-hybridized carbons (Fsp3) is 0.217. The van der Waals surface area contributed by atoms with Crippen molar-refractivity contribution < 1.29 is 18.4 Å². The standard InChI is InChI=1S/C23H20FN5O3/c1-28-19(11-18(26-28)14-7-9-16(24)10-8-14)23(30)29-12-15(13-29)22-25-21(27-32-22)17-5-3-4-6-20(17)31-2/h3-11,15H,12-13H2,1-2H3. The Morgan fingerprint density at radius 2 is 1.91 bits per heavy atom. The Hall–Kier alpha value is -4.01. The summed E-state index contributed by atoms with van der Waals surface area (Å²) in [5.74, 6) is 1.14. The molecule has 1 fully saturated rings. The average Bonchev–Trinajstić information content (AvgIpc) is 3.40. The summed E-state index contributed by atoms with van der Waals surface area (Å²) in [6, 6.07) is 15.2. The monoisotopic (exact) mass is 433 g/mol. The third-order valence-electron chi connectivity index (χ3n) is 5.55. The number of methoxy groups -OCH3 is 1. The van der Waals surface area contributed by atoms with E-state index in [1.165, 1.54) is 12.1 Å². The number of hydrogen-bond donors (Lipinski definition) is 0. The lowest BCUT2D eigenvalue weighted by Gasteiger charge is -2.36. The van der Waals surface area contributed by atoms with Crippen LogP contribution in [0.3, 0.4) is 0 Å². The molecule has 0 bridgehead atoms. The molecule has 8 nitrogen and oxygen atoms in total. The van der Waals surface area contributed by atoms with Gasteiger partial charge < -0.3 is 14.2 Å². The summed E-state index contributed by atoms with van der Waals surface area (Å²) >= 11 is 0. The van der Waals surface area contributed by atoms with E-state index >= 15 is 0 Å². The Labute approximate surface area is 183 Å². The Bertz CT molecular complexity index is 1280. The molecule has 5 rings (SSSR count). The van der Waals surface area contributed by atoms with Crippen LogP contribution in [-0.4, -0.2) is 50.9 Å². The maximum Gasteiger partial charge on any atom is 0.272 e. The quantitative estimate of drug-likeness (QED) is 0.479. The van der Waals surface area contributed by atoms with Crippen molar-refractivity contribution in [2.75, 3.05) is 20.2 Å². The number of ether oxygens (including phenoxy) is 1. The predicted octanol–water partition coefficient (Wildman–Crippen LogP) is 3.52. The van der Waals surface area contributed by atoms with Gasteiger partial charge in [-0.15, -0.1) is 0 Å². The van der Waals surface area contributed by atoms with Gasteiger partial charge in [-0.1, -0.05) is 17.3 Å². The van der Waals surface area contributed by atoms with E-state index in [0.717, 1.165) is 11.1 Å². The summed E-state index contributed by atoms with van der Waals surface area (Å²) in [6.45, 7) is 0.951. The number of aromatic nitrogens is 4. The SMILES string of the molecule is COc1ccccc1-c1noc(C2CN(C(=O)c3cc(-c4ccc(F)cc4)nn3C)C2)n1. The number of rotatable bonds is 5. The van der Waals surface area contributed by atoms with Gasteiger partial charge in [-0.25, -0.2) is 4.39 Å². The summed E-state index contributed by atoms with van der Waals surface area (Å²) in [4.78, 5) is 19.2. The van der Waals surface area contributed by atoms with E-state index in [1.54, 1.807) is 41.9 Å². The number of para-hydroxylation sites is 1. The number of benzene rings is 2. The maximum atomic E-state index is 13.2. The number of hydrogen-bond acceptors (Lipinski definition) is 6. The lowest BCUT2D eigenvalue weighted by atomic mass is 9.99. The van der Waals surface area contributed by atoms with Crippen molar-refractivity contribution in [2.45, 2.75) is 5.92 Å². The molecule has 162 valence electrons. The molecule has 1 aliphatic heterocycles. The first-order valence-corrected chi connectivity index (χ1v) is 10.1. The molecule has 1 aliphatic rings. The molecule has 2 aromatic carbocycles. The van der Waals surface area contributed by atoms with E-state index < -0.39 is 0 Å². The molecule has 0 spiro atoms. The van der Waals surface area contributed by atoms with E-state index in [1.807, 2.05) is 24.3 Å². The smallest absolute Gasteiger partial charge is 0.272 e. The van der Waals surface area contributed by atoms with Gasteiger partial charge in [-0.2, -0.15) is 10.1 Å². The van der Waals surface area contributed by atoms with E-state index in [0.29, 0.717) is 41.9 Å². The minimum Gasteiger partial charge on any atom is -0.496 e. The number of likely N-dealkylation sites (tertiary alicyclic amines) is 1. The molecule has 3 heterocycles. The van der Waals surface area contributed by atoms with Crippen LogP contribution in [0.4, 0.5) is 4.39 Å². The number of halogens is 1. The molecule has 0 saturated carbocycles. The summed E-state index contributed by atoms with van der Waals surface area (Å²) < 4.78 is 25.5. The number of nitrogens with zero attached hydrogens (tertiary/aromatic N) is 5. The summed E-state index contributed by atoms with van der Waals surface area (Å²) in [7, 11) is 3.31. The van der Waals surface area contributed by atoms with Crippen molar-refractivity contribution in [1.29, 1.82) is 0 Å². The minimum atomic E-state index is -0.317. The fourth-order valence-corrected chi connectivity index (χ4v) is 3.73. The lowest BCUT2D eigenvalue weighted by molar-refractivity contribution is 0.0558. The number of aryl methyl sites for hydroxylation is 1. The highest BCUT2D eigenvalue weighted by atomic mass is 19.1. The Morgan fingerprint density at radius 1 is 1.16 bits per heavy atom. The molecule has 4 aromatic rings. The highest BCUT2D eigenvalue weighted by Gasteiger charge is 2.37. The molecule has 1 amide bonds. The zero-order valence-electron chi connectivity index (χ0n) is 17.5. The molecule has 1 saturated heterocycles. The van der Waals surface area contributed by atoms with E-state index in [-0.39, 0.29) is 17.6 Å². The van der Waals surface area contributed by atoms with Gasteiger partial charge in [0.15, 0.2) is 0 Å². The van der Waals surface area contributed by atoms with Gasteiger partial charge in [0.2, 0.25) is 11.7 Å². The van der Waals surface area contributed by atoms with Crippen LogP contribution >= 0.6 is 0 Å². The third-order valence-corrected chi connectivity index (χ3v) is 5.55. The Kier molecular flexibility index (Phi) is 4.93. The van der Waals surface area contributed by atoms with Crippen LogP contribution in [0.2, 0.25) is 0 Å². The first-order chi connectivity index (χ1) is 15.5. The summed E-state index contributed by atoms with van der Waals surface area (Å²) in [5, 5.41) is 8.47. The first kappa shape index (κ1) is 19.9. The van der Waals surface area contributed by atoms with Gasteiger partial charge in [0, 0.05) is 25.7 Å². The highest BCUT2D eigenvalue weighted by molar-refractivity contribution is 5.94. The first-order valence-electron chi connectivity index (χ1n) is 10.1. The number of amides is 1. The van der Waals surface area contributed by atoms with Gasteiger partial charge in [0.25, 0.3) is 5.91 Å². The maximum absolute atomic E-state index is 13.2. The van der Waals surface area contributed by atoms with E-state index in [4.69, 9.17) is 9.26 Å². The van der Waals surface area contributed by atoms with Gasteiger partial charge in [-0.05, 0) is 42.5 Å². The summed E-state index contributed by atoms with van der Waals surface area (Å²) in [5.41, 5.74) is 2.58. The molecule has 0 N–H and O–H groups in total. The van der Waals surface area contributed by atoms with Crippen molar-refractivity contribution in [3.63, 3.8) is 0 Å². The second-order valence-electron chi connectivity index (χ2n) is 7.61. The molecule has 0 radical (unpaired) electrons. The molecule has 2 aromatic heterocycles. The Morgan fingerprint density at radius 3 is 2.66 bits per heavy atom. The zero-order chi connectivity index (χ0) is 22.2. The normalized spacial score (nSPS) is 13.8. The van der Waals surface area contributed by atoms with Crippen molar-refractivity contribution in [2.24, 2.45) is 7.05 Å². The topological polar surface area (TPSA) is 86.3 Å². The Balaban J connectivity index is 1.28. The van der Waals surface area contributed by atoms with Crippen LogP contribution in [0.15, 0.2) is 59.1 Å². The second-order valence-corrected chi connectivity index (χ2v) is 7.61. The average molecular weight is 433 g/mol. The molecular formula is C23H20FN5O3. The van der Waals surface area contributed by atoms with Crippen LogP contribution < -0.4 is 4.74 Å². The molecule has 32 heavy (non-hydrogen) atoms. The van der Waals surface area contributed by atoms with Gasteiger partial charge in [0.1, 0.15) is 17.3 Å². The van der Waals surface area contributed by atoms with Gasteiger partial charge in [0.05, 0.1) is 24.3 Å². The van der Waals surface area contributed by atoms with Crippen molar-refractivity contribution in [3.05, 3.63) is 72.0 Å². The molecule has 0 unspecified atom stereocenters. The lowest BCUT2D eigenvalue weighted by Crippen LogP contribution is -2.49. The van der Waals surface area contributed by atoms with Gasteiger partial charge in [-0.3, -0.25) is 9.48 Å². The minimum absolute atomic E-state index is 0.0281. The molecule has 0 aliphatic carbocycles. The second kappa shape index (κ2) is 7.92. The van der Waals surface area contributed by atoms with E-state index in [9.17, 15) is 9.18 Å². The molecular weight excluding hydrogens is 413 g/mol. The van der Waals surface area contributed by atoms with Crippen molar-refractivity contribution >= 4 is 5.91 Å². The predicted molar refractivity (Wildman–Crippen MR) is 114 cm³/mol. The number of carbonyl (C=O) groups is 1. The van der Waals surface area contributed by atoms with E-state index in [2.05, 4.69) is 15.2 Å². The number of carbonyl (C=O) groups excluding carboxylic acids is 1.